The maximum Gasteiger partial charge on any atom is 0.343 e. The number of carbonyl (C=O) groups excluding carboxylic acids is 5. The molecule has 220 valence electrons. The number of hydrogen-bond acceptors (Lipinski definition) is 6. The van der Waals surface area contributed by atoms with Gasteiger partial charge in [0.2, 0.25) is 0 Å². The van der Waals surface area contributed by atoms with Gasteiger partial charge in [-0.25, -0.2) is 9.80 Å². The number of hydrogen-bond donors (Lipinski definition) is 0. The monoisotopic (exact) mass is 746 g/mol. The average molecular weight is 749 g/mol. The molecule has 43 heavy (non-hydrogen) atoms. The van der Waals surface area contributed by atoms with Crippen molar-refractivity contribution in [3.8, 4) is 5.75 Å². The van der Waals surface area contributed by atoms with Crippen molar-refractivity contribution in [2.24, 2.45) is 23.7 Å². The van der Waals surface area contributed by atoms with Gasteiger partial charge in [0.1, 0.15) is 12.3 Å². The number of halogens is 4. The normalized spacial score (nSPS) is 25.5. The third-order valence-corrected chi connectivity index (χ3v) is 12.0. The lowest BCUT2D eigenvalue weighted by molar-refractivity contribution is -0.154. The summed E-state index contributed by atoms with van der Waals surface area (Å²) in [5, 5.41) is 2.03. The van der Waals surface area contributed by atoms with Gasteiger partial charge in [-0.3, -0.25) is 19.2 Å². The predicted octanol–water partition coefficient (Wildman–Crippen LogP) is 6.23. The number of alkyl halides is 2. The van der Waals surface area contributed by atoms with E-state index in [0.29, 0.717) is 17.0 Å². The van der Waals surface area contributed by atoms with Crippen LogP contribution in [0.4, 0.5) is 0 Å². The topological polar surface area (TPSA) is 101 Å². The Kier molecular flexibility index (Phi) is 8.23. The van der Waals surface area contributed by atoms with Crippen LogP contribution < -0.4 is 4.74 Å². The van der Waals surface area contributed by atoms with Crippen molar-refractivity contribution >= 4 is 84.5 Å². The average Bonchev–Trinajstić information content (AvgIpc) is 3.61. The quantitative estimate of drug-likeness (QED) is 0.0935. The Hall–Kier alpha value is -3.05. The first kappa shape index (κ1) is 30.0. The number of rotatable bonds is 7. The van der Waals surface area contributed by atoms with E-state index in [1.807, 2.05) is 0 Å². The Morgan fingerprint density at radius 1 is 0.837 bits per heavy atom. The number of hydrazine groups is 1. The van der Waals surface area contributed by atoms with Crippen LogP contribution in [-0.2, 0) is 9.59 Å². The van der Waals surface area contributed by atoms with Gasteiger partial charge in [-0.2, -0.15) is 5.01 Å². The Bertz CT molecular complexity index is 1620. The lowest BCUT2D eigenvalue weighted by atomic mass is 9.81. The highest BCUT2D eigenvalue weighted by Crippen LogP contribution is 2.60. The van der Waals surface area contributed by atoms with Gasteiger partial charge in [-0.1, -0.05) is 73.3 Å². The first-order chi connectivity index (χ1) is 20.6. The summed E-state index contributed by atoms with van der Waals surface area (Å²) in [5.74, 6) is -4.06. The third kappa shape index (κ3) is 5.32. The smallest absolute Gasteiger partial charge is 0.343 e. The van der Waals surface area contributed by atoms with Crippen LogP contribution in [-0.4, -0.2) is 55.7 Å². The zero-order chi connectivity index (χ0) is 30.6. The number of imide groups is 1. The Balaban J connectivity index is 1.27. The molecule has 1 saturated heterocycles. The summed E-state index contributed by atoms with van der Waals surface area (Å²) in [5.41, 5.74) is 0.535. The number of benzene rings is 3. The highest BCUT2D eigenvalue weighted by atomic mass is 79.9. The fourth-order valence-electron chi connectivity index (χ4n) is 6.28. The number of ether oxygens (including phenoxy) is 1. The van der Waals surface area contributed by atoms with Gasteiger partial charge in [0, 0.05) is 20.2 Å². The highest BCUT2D eigenvalue weighted by Gasteiger charge is 2.67. The molecule has 1 heterocycles. The fourth-order valence-corrected chi connectivity index (χ4v) is 8.65. The molecule has 2 aliphatic carbocycles. The van der Waals surface area contributed by atoms with E-state index in [4.69, 9.17) is 27.9 Å². The van der Waals surface area contributed by atoms with E-state index < -0.39 is 47.9 Å². The van der Waals surface area contributed by atoms with Crippen LogP contribution in [0.5, 0.6) is 5.75 Å². The lowest BCUT2D eigenvalue weighted by Crippen LogP contribution is -2.52. The molecule has 0 spiro atoms. The first-order valence-corrected chi connectivity index (χ1v) is 16.0. The Morgan fingerprint density at radius 3 is 2.02 bits per heavy atom. The van der Waals surface area contributed by atoms with Gasteiger partial charge in [0.05, 0.1) is 28.0 Å². The summed E-state index contributed by atoms with van der Waals surface area (Å²) in [6, 6.07) is 18.5. The molecule has 6 rings (SSSR count). The van der Waals surface area contributed by atoms with Crippen LogP contribution in [0.25, 0.3) is 0 Å². The molecule has 1 aliphatic heterocycles. The van der Waals surface area contributed by atoms with Gasteiger partial charge in [0.25, 0.3) is 17.7 Å². The van der Waals surface area contributed by atoms with Crippen molar-refractivity contribution in [3.05, 3.63) is 99.5 Å². The van der Waals surface area contributed by atoms with Gasteiger partial charge in [-0.15, -0.1) is 0 Å². The molecule has 2 bridgehead atoms. The van der Waals surface area contributed by atoms with Crippen LogP contribution in [0.1, 0.15) is 37.5 Å². The summed E-state index contributed by atoms with van der Waals surface area (Å²) >= 11 is 19.7. The van der Waals surface area contributed by atoms with E-state index in [1.54, 1.807) is 30.3 Å². The summed E-state index contributed by atoms with van der Waals surface area (Å²) in [7, 11) is 0. The number of amides is 3. The van der Waals surface area contributed by atoms with Gasteiger partial charge in [0.15, 0.2) is 5.78 Å². The van der Waals surface area contributed by atoms with Crippen molar-refractivity contribution in [2.45, 2.75) is 16.1 Å². The minimum absolute atomic E-state index is 0.00134. The Morgan fingerprint density at radius 2 is 1.44 bits per heavy atom. The molecule has 3 aromatic carbocycles. The second-order valence-electron chi connectivity index (χ2n) is 10.7. The fraction of sp³-hybridized carbons (Fsp3) is 0.258. The minimum atomic E-state index is -0.789. The van der Waals surface area contributed by atoms with Crippen molar-refractivity contribution in [1.29, 1.82) is 0 Å². The van der Waals surface area contributed by atoms with Crippen LogP contribution in [0.15, 0.2) is 72.8 Å². The second-order valence-corrected chi connectivity index (χ2v) is 13.6. The van der Waals surface area contributed by atoms with E-state index in [0.717, 1.165) is 10.0 Å². The van der Waals surface area contributed by atoms with E-state index in [9.17, 15) is 24.0 Å². The molecule has 0 aromatic heterocycles. The van der Waals surface area contributed by atoms with Crippen molar-refractivity contribution in [2.75, 3.05) is 6.54 Å². The standard InChI is InChI=1S/C31H22Br2Cl2N2O6/c32-26-20-13-21(27(26)33)25-24(20)29(40)37(30(25)41)36(28(39)19-11-8-17(34)12-22(19)35)14-23(38)15-6-9-18(10-7-15)43-31(42)16-4-2-1-3-5-16/h1-12,20-21,24-27H,13-14H2/t20-,21-,24-,25-,26+,27+/m1/s1. The number of nitrogens with zero attached hydrogens (tertiary/aromatic N) is 2. The largest absolute Gasteiger partial charge is 0.423 e. The van der Waals surface area contributed by atoms with Gasteiger partial charge in [-0.05, 0) is 72.9 Å². The van der Waals surface area contributed by atoms with Crippen LogP contribution in [0.3, 0.4) is 0 Å². The van der Waals surface area contributed by atoms with Gasteiger partial charge < -0.3 is 4.74 Å². The van der Waals surface area contributed by atoms with E-state index in [-0.39, 0.29) is 43.4 Å². The van der Waals surface area contributed by atoms with Crippen molar-refractivity contribution < 1.29 is 28.7 Å². The summed E-state index contributed by atoms with van der Waals surface area (Å²) in [6.07, 6.45) is 0.712. The number of fused-ring (bicyclic) bond motifs is 5. The molecule has 12 heteroatoms. The summed E-state index contributed by atoms with van der Waals surface area (Å²) < 4.78 is 5.38. The SMILES string of the molecule is O=C(CN(C(=O)c1ccc(Cl)cc1Cl)N1C(=O)[C@@H]2[C@H]3C[C@@H]([C@H](Br)[C@H]3Br)[C@H]2C1=O)c1ccc(OC(=O)c2ccccc2)cc1. The molecule has 3 fully saturated rings. The molecule has 0 N–H and O–H groups in total. The number of ketones is 1. The predicted molar refractivity (Wildman–Crippen MR) is 166 cm³/mol. The lowest BCUT2D eigenvalue weighted by Gasteiger charge is -2.31. The first-order valence-electron chi connectivity index (χ1n) is 13.4. The molecule has 0 unspecified atom stereocenters. The van der Waals surface area contributed by atoms with Crippen LogP contribution >= 0.6 is 55.1 Å². The zero-order valence-corrected chi connectivity index (χ0v) is 26.8. The molecule has 3 amide bonds. The van der Waals surface area contributed by atoms with Crippen LogP contribution in [0.2, 0.25) is 10.0 Å². The van der Waals surface area contributed by atoms with Gasteiger partial charge >= 0.3 is 5.97 Å². The van der Waals surface area contributed by atoms with E-state index in [2.05, 4.69) is 31.9 Å². The molecular formula is C31H22Br2Cl2N2O6. The maximum absolute atomic E-state index is 13.9. The number of esters is 1. The number of Topliss-reactive ketones (excluding diaryl/α,β-unsaturated/α-hetero) is 1. The van der Waals surface area contributed by atoms with Crippen LogP contribution in [0, 0.1) is 23.7 Å². The third-order valence-electron chi connectivity index (χ3n) is 8.29. The van der Waals surface area contributed by atoms with Crippen molar-refractivity contribution in [3.63, 3.8) is 0 Å². The minimum Gasteiger partial charge on any atom is -0.423 e. The molecule has 2 saturated carbocycles. The molecule has 8 nitrogen and oxygen atoms in total. The molecule has 0 radical (unpaired) electrons. The maximum atomic E-state index is 13.9. The summed E-state index contributed by atoms with van der Waals surface area (Å²) in [6.45, 7) is -0.608. The second kappa shape index (κ2) is 11.8. The van der Waals surface area contributed by atoms with E-state index in [1.165, 1.54) is 42.5 Å². The van der Waals surface area contributed by atoms with Crippen molar-refractivity contribution in [1.82, 2.24) is 10.0 Å². The highest BCUT2D eigenvalue weighted by molar-refractivity contribution is 9.12. The molecule has 3 aliphatic rings. The van der Waals surface area contributed by atoms with E-state index >= 15 is 0 Å². The zero-order valence-electron chi connectivity index (χ0n) is 22.2. The summed E-state index contributed by atoms with van der Waals surface area (Å²) in [4.78, 5) is 67.4. The molecule has 6 atom stereocenters. The Labute approximate surface area is 273 Å². The molecular weight excluding hydrogens is 727 g/mol. The molecule has 3 aromatic rings. The number of carbonyl (C=O) groups is 5.